The second-order valence-corrected chi connectivity index (χ2v) is 5.00. The molecule has 0 N–H and O–H groups in total. The largest absolute Gasteiger partial charge is 0.381 e. The van der Waals surface area contributed by atoms with Gasteiger partial charge in [-0.2, -0.15) is 0 Å². The molecule has 1 aromatic carbocycles. The Morgan fingerprint density at radius 2 is 1.95 bits per heavy atom. The van der Waals surface area contributed by atoms with Crippen LogP contribution >= 0.6 is 0 Å². The molecule has 0 amide bonds. The molecule has 4 heteroatoms. The van der Waals surface area contributed by atoms with Crippen molar-refractivity contribution in [2.75, 3.05) is 26.8 Å². The molecule has 1 fully saturated rings. The van der Waals surface area contributed by atoms with Crippen LogP contribution in [0.1, 0.15) is 29.6 Å². The summed E-state index contributed by atoms with van der Waals surface area (Å²) in [7, 11) is 2.05. The van der Waals surface area contributed by atoms with Crippen molar-refractivity contribution in [3.05, 3.63) is 35.6 Å². The molecule has 19 heavy (non-hydrogen) atoms. The first-order valence-electron chi connectivity index (χ1n) is 6.73. The molecule has 1 aromatic rings. The zero-order chi connectivity index (χ0) is 13.7. The Labute approximate surface area is 113 Å². The van der Waals surface area contributed by atoms with Gasteiger partial charge in [-0.05, 0) is 44.2 Å². The van der Waals surface area contributed by atoms with Crippen LogP contribution in [-0.2, 0) is 4.74 Å². The highest BCUT2D eigenvalue weighted by molar-refractivity contribution is 5.96. The lowest BCUT2D eigenvalue weighted by Gasteiger charge is -2.30. The van der Waals surface area contributed by atoms with E-state index in [-0.39, 0.29) is 11.6 Å². The van der Waals surface area contributed by atoms with Gasteiger partial charge < -0.3 is 9.64 Å². The first-order valence-corrected chi connectivity index (χ1v) is 6.73. The standard InChI is InChI=1S/C15H20FNO2/c1-17(14-7-10-19-11-8-14)9-6-15(18)12-2-4-13(16)5-3-12/h2-5,14H,6-11H2,1H3. The molecule has 0 aromatic heterocycles. The number of carbonyl (C=O) groups is 1. The van der Waals surface area contributed by atoms with Crippen molar-refractivity contribution in [1.82, 2.24) is 4.90 Å². The van der Waals surface area contributed by atoms with E-state index in [4.69, 9.17) is 4.74 Å². The minimum Gasteiger partial charge on any atom is -0.381 e. The van der Waals surface area contributed by atoms with E-state index in [1.165, 1.54) is 12.1 Å². The normalized spacial score (nSPS) is 16.8. The lowest BCUT2D eigenvalue weighted by Crippen LogP contribution is -2.37. The van der Waals surface area contributed by atoms with E-state index >= 15 is 0 Å². The lowest BCUT2D eigenvalue weighted by atomic mass is 10.1. The van der Waals surface area contributed by atoms with E-state index in [2.05, 4.69) is 4.90 Å². The first-order chi connectivity index (χ1) is 9.16. The van der Waals surface area contributed by atoms with Crippen LogP contribution in [0.2, 0.25) is 0 Å². The number of nitrogens with zero attached hydrogens (tertiary/aromatic N) is 1. The Morgan fingerprint density at radius 1 is 1.32 bits per heavy atom. The Kier molecular flexibility index (Phi) is 5.05. The number of hydrogen-bond donors (Lipinski definition) is 0. The maximum absolute atomic E-state index is 12.8. The summed E-state index contributed by atoms with van der Waals surface area (Å²) in [5.74, 6) is -0.241. The Hall–Kier alpha value is -1.26. The van der Waals surface area contributed by atoms with Gasteiger partial charge in [-0.3, -0.25) is 4.79 Å². The monoisotopic (exact) mass is 265 g/mol. The third-order valence-corrected chi connectivity index (χ3v) is 3.67. The number of rotatable bonds is 5. The molecule has 1 heterocycles. The number of Topliss-reactive ketones (excluding diaryl/α,β-unsaturated/α-hetero) is 1. The predicted octanol–water partition coefficient (Wildman–Crippen LogP) is 2.51. The van der Waals surface area contributed by atoms with Gasteiger partial charge in [0.2, 0.25) is 0 Å². The van der Waals surface area contributed by atoms with Crippen LogP contribution in [0.25, 0.3) is 0 Å². The summed E-state index contributed by atoms with van der Waals surface area (Å²) in [5, 5.41) is 0. The van der Waals surface area contributed by atoms with Crippen LogP contribution < -0.4 is 0 Å². The summed E-state index contributed by atoms with van der Waals surface area (Å²) in [5.41, 5.74) is 0.585. The molecule has 0 bridgehead atoms. The highest BCUT2D eigenvalue weighted by atomic mass is 19.1. The van der Waals surface area contributed by atoms with Gasteiger partial charge in [0.05, 0.1) is 0 Å². The van der Waals surface area contributed by atoms with Crippen molar-refractivity contribution in [2.45, 2.75) is 25.3 Å². The van der Waals surface area contributed by atoms with Gasteiger partial charge in [-0.1, -0.05) is 0 Å². The highest BCUT2D eigenvalue weighted by Crippen LogP contribution is 2.14. The van der Waals surface area contributed by atoms with Gasteiger partial charge in [0.15, 0.2) is 5.78 Å². The summed E-state index contributed by atoms with van der Waals surface area (Å²) >= 11 is 0. The third kappa shape index (κ3) is 4.11. The smallest absolute Gasteiger partial charge is 0.164 e. The van der Waals surface area contributed by atoms with Crippen LogP contribution in [-0.4, -0.2) is 43.5 Å². The molecule has 0 atom stereocenters. The molecule has 104 valence electrons. The average Bonchev–Trinajstić information content (AvgIpc) is 2.46. The Bertz CT molecular complexity index is 413. The number of halogens is 1. The molecule has 0 saturated carbocycles. The van der Waals surface area contributed by atoms with Crippen LogP contribution in [0.4, 0.5) is 4.39 Å². The summed E-state index contributed by atoms with van der Waals surface area (Å²) in [6.07, 6.45) is 2.53. The van der Waals surface area contributed by atoms with Crippen molar-refractivity contribution in [3.8, 4) is 0 Å². The molecule has 3 nitrogen and oxygen atoms in total. The van der Waals surface area contributed by atoms with Gasteiger partial charge in [-0.25, -0.2) is 4.39 Å². The maximum Gasteiger partial charge on any atom is 0.164 e. The summed E-state index contributed by atoms with van der Waals surface area (Å²) in [4.78, 5) is 14.2. The second-order valence-electron chi connectivity index (χ2n) is 5.00. The Morgan fingerprint density at radius 3 is 2.58 bits per heavy atom. The minimum atomic E-state index is -0.309. The number of ether oxygens (including phenoxy) is 1. The summed E-state index contributed by atoms with van der Waals surface area (Å²) in [6, 6.07) is 6.26. The fourth-order valence-electron chi connectivity index (χ4n) is 2.37. The molecule has 1 aliphatic heterocycles. The molecule has 1 aliphatic rings. The molecule has 0 spiro atoms. The third-order valence-electron chi connectivity index (χ3n) is 3.67. The molecule has 2 rings (SSSR count). The molecular weight excluding hydrogens is 245 g/mol. The summed E-state index contributed by atoms with van der Waals surface area (Å²) < 4.78 is 18.1. The van der Waals surface area contributed by atoms with Crippen molar-refractivity contribution < 1.29 is 13.9 Å². The van der Waals surface area contributed by atoms with Gasteiger partial charge in [-0.15, -0.1) is 0 Å². The molecule has 1 saturated heterocycles. The minimum absolute atomic E-state index is 0.0684. The van der Waals surface area contributed by atoms with Crippen molar-refractivity contribution >= 4 is 5.78 Å². The molecule has 0 aliphatic carbocycles. The van der Waals surface area contributed by atoms with Crippen molar-refractivity contribution in [1.29, 1.82) is 0 Å². The first kappa shape index (κ1) is 14.2. The molecular formula is C15H20FNO2. The zero-order valence-electron chi connectivity index (χ0n) is 11.3. The van der Waals surface area contributed by atoms with Gasteiger partial charge in [0.25, 0.3) is 0 Å². The zero-order valence-corrected chi connectivity index (χ0v) is 11.3. The van der Waals surface area contributed by atoms with E-state index in [1.54, 1.807) is 12.1 Å². The van der Waals surface area contributed by atoms with Gasteiger partial charge in [0.1, 0.15) is 5.82 Å². The second kappa shape index (κ2) is 6.78. The van der Waals surface area contributed by atoms with Gasteiger partial charge in [0, 0.05) is 37.8 Å². The average molecular weight is 265 g/mol. The van der Waals surface area contributed by atoms with Crippen molar-refractivity contribution in [3.63, 3.8) is 0 Å². The van der Waals surface area contributed by atoms with Crippen LogP contribution in [0.3, 0.4) is 0 Å². The number of hydrogen-bond acceptors (Lipinski definition) is 3. The SMILES string of the molecule is CN(CCC(=O)c1ccc(F)cc1)C1CCOCC1. The van der Waals surface area contributed by atoms with Crippen LogP contribution in [0, 0.1) is 5.82 Å². The lowest BCUT2D eigenvalue weighted by molar-refractivity contribution is 0.0425. The summed E-state index contributed by atoms with van der Waals surface area (Å²) in [6.45, 7) is 2.35. The van der Waals surface area contributed by atoms with Crippen molar-refractivity contribution in [2.24, 2.45) is 0 Å². The van der Waals surface area contributed by atoms with Crippen LogP contribution in [0.5, 0.6) is 0 Å². The number of carbonyl (C=O) groups excluding carboxylic acids is 1. The fourth-order valence-corrected chi connectivity index (χ4v) is 2.37. The highest BCUT2D eigenvalue weighted by Gasteiger charge is 2.19. The van der Waals surface area contributed by atoms with E-state index in [0.29, 0.717) is 18.0 Å². The number of benzene rings is 1. The van der Waals surface area contributed by atoms with Crippen LogP contribution in [0.15, 0.2) is 24.3 Å². The predicted molar refractivity (Wildman–Crippen MR) is 71.8 cm³/mol. The van der Waals surface area contributed by atoms with E-state index in [0.717, 1.165) is 32.6 Å². The van der Waals surface area contributed by atoms with E-state index in [1.807, 2.05) is 7.05 Å². The molecule has 0 unspecified atom stereocenters. The topological polar surface area (TPSA) is 29.5 Å². The number of ketones is 1. The van der Waals surface area contributed by atoms with E-state index in [9.17, 15) is 9.18 Å². The van der Waals surface area contributed by atoms with E-state index < -0.39 is 0 Å². The maximum atomic E-state index is 12.8. The molecule has 0 radical (unpaired) electrons. The van der Waals surface area contributed by atoms with Gasteiger partial charge >= 0.3 is 0 Å². The quantitative estimate of drug-likeness (QED) is 0.766. The Balaban J connectivity index is 1.81. The fraction of sp³-hybridized carbons (Fsp3) is 0.533.